The Balaban J connectivity index is 2.28. The number of amides is 3. The van der Waals surface area contributed by atoms with E-state index in [1.54, 1.807) is 35.2 Å². The second-order valence-corrected chi connectivity index (χ2v) is 8.33. The van der Waals surface area contributed by atoms with Gasteiger partial charge < -0.3 is 10.0 Å². The quantitative estimate of drug-likeness (QED) is 0.588. The molecule has 0 fully saturated rings. The first-order chi connectivity index (χ1) is 13.1. The molecule has 2 heterocycles. The van der Waals surface area contributed by atoms with Crippen molar-refractivity contribution in [1.82, 2.24) is 14.9 Å². The van der Waals surface area contributed by atoms with E-state index < -0.39 is 11.5 Å². The highest BCUT2D eigenvalue weighted by Crippen LogP contribution is 2.42. The minimum absolute atomic E-state index is 0.226. The van der Waals surface area contributed by atoms with E-state index in [1.165, 1.54) is 11.8 Å². The fraction of sp³-hybridized carbons (Fsp3) is 0.368. The van der Waals surface area contributed by atoms with Crippen LogP contribution in [-0.2, 0) is 12.0 Å². The van der Waals surface area contributed by atoms with E-state index in [0.29, 0.717) is 28.9 Å². The van der Waals surface area contributed by atoms with Crippen LogP contribution in [-0.4, -0.2) is 45.4 Å². The van der Waals surface area contributed by atoms with Crippen molar-refractivity contribution in [2.45, 2.75) is 37.9 Å². The van der Waals surface area contributed by atoms with Crippen molar-refractivity contribution < 1.29 is 14.7 Å². The monoisotopic (exact) mass is 401 g/mol. The molecule has 0 spiro atoms. The highest BCUT2D eigenvalue weighted by Gasteiger charge is 2.35. The predicted molar refractivity (Wildman–Crippen MR) is 110 cm³/mol. The van der Waals surface area contributed by atoms with Gasteiger partial charge in [-0.2, -0.15) is 0 Å². The number of benzene rings is 1. The minimum Gasteiger partial charge on any atom is -0.465 e. The molecule has 148 valence electrons. The number of carboxylic acid groups (broad SMARTS) is 1. The molecule has 1 aliphatic rings. The zero-order valence-corrected chi connectivity index (χ0v) is 17.3. The molecule has 2 N–H and O–H groups in total. The summed E-state index contributed by atoms with van der Waals surface area (Å²) in [7, 11) is 1.72. The lowest BCUT2D eigenvalue weighted by atomic mass is 9.84. The molecule has 8 nitrogen and oxygen atoms in total. The summed E-state index contributed by atoms with van der Waals surface area (Å²) < 4.78 is 0. The summed E-state index contributed by atoms with van der Waals surface area (Å²) in [5.74, 6) is 0.528. The number of nitrogens with zero attached hydrogens (tertiary/aromatic N) is 4. The lowest BCUT2D eigenvalue weighted by molar-refractivity contribution is 0.209. The van der Waals surface area contributed by atoms with Gasteiger partial charge in [0.25, 0.3) is 0 Å². The van der Waals surface area contributed by atoms with Gasteiger partial charge in [0.1, 0.15) is 0 Å². The maximum atomic E-state index is 13.1. The molecule has 1 aromatic carbocycles. The first kappa shape index (κ1) is 19.9. The van der Waals surface area contributed by atoms with E-state index in [1.807, 2.05) is 33.1 Å². The van der Waals surface area contributed by atoms with Gasteiger partial charge in [0.05, 0.1) is 12.2 Å². The number of urea groups is 1. The molecule has 1 aliphatic heterocycles. The smallest absolute Gasteiger partial charge is 0.409 e. The van der Waals surface area contributed by atoms with E-state index in [9.17, 15) is 14.7 Å². The number of rotatable bonds is 3. The number of carbonyl (C=O) groups is 2. The summed E-state index contributed by atoms with van der Waals surface area (Å²) in [6, 6.07) is 5.02. The Bertz CT molecular complexity index is 942. The van der Waals surface area contributed by atoms with Crippen LogP contribution in [0, 0.1) is 0 Å². The fourth-order valence-corrected chi connectivity index (χ4v) is 3.66. The zero-order chi connectivity index (χ0) is 20.6. The van der Waals surface area contributed by atoms with Gasteiger partial charge in [-0.25, -0.2) is 24.5 Å². The van der Waals surface area contributed by atoms with Gasteiger partial charge in [-0.1, -0.05) is 38.6 Å². The number of fused-ring (bicyclic) bond motifs is 1. The van der Waals surface area contributed by atoms with Gasteiger partial charge in [-0.05, 0) is 23.8 Å². The number of hydrogen-bond acceptors (Lipinski definition) is 5. The Hall–Kier alpha value is -2.81. The van der Waals surface area contributed by atoms with Crippen LogP contribution in [0.3, 0.4) is 0 Å². The third-order valence-corrected chi connectivity index (χ3v) is 4.98. The summed E-state index contributed by atoms with van der Waals surface area (Å²) in [4.78, 5) is 36.5. The van der Waals surface area contributed by atoms with Crippen LogP contribution < -0.4 is 10.2 Å². The number of nitrogens with one attached hydrogen (secondary N) is 1. The van der Waals surface area contributed by atoms with Crippen molar-refractivity contribution in [2.24, 2.45) is 0 Å². The largest absolute Gasteiger partial charge is 0.465 e. The molecule has 0 radical (unpaired) electrons. The van der Waals surface area contributed by atoms with Crippen molar-refractivity contribution in [1.29, 1.82) is 0 Å². The van der Waals surface area contributed by atoms with E-state index in [0.717, 1.165) is 11.1 Å². The molecule has 3 amide bonds. The number of aromatic nitrogens is 2. The number of thioether (sulfide) groups is 1. The van der Waals surface area contributed by atoms with Crippen LogP contribution in [0.2, 0.25) is 0 Å². The topological polar surface area (TPSA) is 98.7 Å². The fourth-order valence-electron chi connectivity index (χ4n) is 3.32. The molecule has 3 rings (SSSR count). The molecule has 28 heavy (non-hydrogen) atoms. The van der Waals surface area contributed by atoms with Gasteiger partial charge in [-0.15, -0.1) is 0 Å². The Morgan fingerprint density at radius 1 is 1.32 bits per heavy atom. The number of hydrogen-bond donors (Lipinski definition) is 2. The molecular formula is C19H23N5O3S. The van der Waals surface area contributed by atoms with E-state index >= 15 is 0 Å². The highest BCUT2D eigenvalue weighted by molar-refractivity contribution is 7.98. The van der Waals surface area contributed by atoms with Crippen LogP contribution in [0.5, 0.6) is 0 Å². The molecule has 9 heteroatoms. The lowest BCUT2D eigenvalue weighted by Crippen LogP contribution is -2.44. The third-order valence-electron chi connectivity index (χ3n) is 4.41. The Morgan fingerprint density at radius 3 is 2.64 bits per heavy atom. The summed E-state index contributed by atoms with van der Waals surface area (Å²) in [6.45, 7) is 6.35. The van der Waals surface area contributed by atoms with E-state index in [-0.39, 0.29) is 6.03 Å². The first-order valence-corrected chi connectivity index (χ1v) is 9.94. The van der Waals surface area contributed by atoms with Crippen LogP contribution in [0.4, 0.5) is 26.8 Å². The second kappa shape index (κ2) is 7.31. The van der Waals surface area contributed by atoms with Gasteiger partial charge >= 0.3 is 12.1 Å². The van der Waals surface area contributed by atoms with Crippen LogP contribution >= 0.6 is 11.8 Å². The molecule has 2 aromatic rings. The second-order valence-electron chi connectivity index (χ2n) is 7.56. The molecule has 0 unspecified atom stereocenters. The van der Waals surface area contributed by atoms with Crippen LogP contribution in [0.1, 0.15) is 31.9 Å². The Labute approximate surface area is 168 Å². The molecule has 1 aromatic heterocycles. The molecular weight excluding hydrogens is 378 g/mol. The van der Waals surface area contributed by atoms with Crippen molar-refractivity contribution >= 4 is 41.1 Å². The lowest BCUT2D eigenvalue weighted by Gasteiger charge is -2.37. The molecule has 0 bridgehead atoms. The molecule has 0 saturated carbocycles. The summed E-state index contributed by atoms with van der Waals surface area (Å²) in [5.41, 5.74) is 2.16. The molecule has 0 atom stereocenters. The normalized spacial score (nSPS) is 14.1. The third kappa shape index (κ3) is 3.62. The van der Waals surface area contributed by atoms with Gasteiger partial charge in [0.15, 0.2) is 11.0 Å². The van der Waals surface area contributed by atoms with Crippen molar-refractivity contribution in [3.05, 3.63) is 35.5 Å². The van der Waals surface area contributed by atoms with Crippen LogP contribution in [0.25, 0.3) is 0 Å². The Morgan fingerprint density at radius 2 is 2.04 bits per heavy atom. The number of carbonyl (C=O) groups excluding carboxylic acids is 1. The summed E-state index contributed by atoms with van der Waals surface area (Å²) >= 11 is 1.40. The summed E-state index contributed by atoms with van der Waals surface area (Å²) in [6.07, 6.45) is 2.46. The van der Waals surface area contributed by atoms with E-state index in [2.05, 4.69) is 15.3 Å². The maximum Gasteiger partial charge on any atom is 0.409 e. The SMILES string of the molecule is CSc1ncc2c(n1)N(c1cccc(NC(=O)O)c1C(C)(C)C)C(=O)N(C)C2. The highest BCUT2D eigenvalue weighted by atomic mass is 32.2. The average molecular weight is 401 g/mol. The first-order valence-electron chi connectivity index (χ1n) is 8.72. The number of anilines is 3. The standard InChI is InChI=1S/C19H23N5O3S/c1-19(2,3)14-12(21-17(25)26)7-6-8-13(14)24-15-11(10-23(4)18(24)27)9-20-16(22-15)28-5/h6-9,21H,10H2,1-5H3,(H,25,26). The molecule has 0 saturated heterocycles. The minimum atomic E-state index is -1.16. The summed E-state index contributed by atoms with van der Waals surface area (Å²) in [5, 5.41) is 12.3. The van der Waals surface area contributed by atoms with Crippen molar-refractivity contribution in [3.8, 4) is 0 Å². The van der Waals surface area contributed by atoms with Gasteiger partial charge in [-0.3, -0.25) is 5.32 Å². The zero-order valence-electron chi connectivity index (χ0n) is 16.5. The maximum absolute atomic E-state index is 13.1. The van der Waals surface area contributed by atoms with Gasteiger partial charge in [0.2, 0.25) is 0 Å². The molecule has 0 aliphatic carbocycles. The van der Waals surface area contributed by atoms with Crippen molar-refractivity contribution in [2.75, 3.05) is 23.5 Å². The Kier molecular flexibility index (Phi) is 5.20. The van der Waals surface area contributed by atoms with Crippen molar-refractivity contribution in [3.63, 3.8) is 0 Å². The van der Waals surface area contributed by atoms with Gasteiger partial charge in [0, 0.05) is 30.1 Å². The van der Waals surface area contributed by atoms with Crippen LogP contribution in [0.15, 0.2) is 29.6 Å². The average Bonchev–Trinajstić information content (AvgIpc) is 2.61. The predicted octanol–water partition coefficient (Wildman–Crippen LogP) is 4.29. The van der Waals surface area contributed by atoms with E-state index in [4.69, 9.17) is 0 Å².